The Balaban J connectivity index is 2.54. The summed E-state index contributed by atoms with van der Waals surface area (Å²) < 4.78 is 4.96. The van der Waals surface area contributed by atoms with Gasteiger partial charge in [-0.15, -0.1) is 0 Å². The predicted octanol–water partition coefficient (Wildman–Crippen LogP) is 0.511. The van der Waals surface area contributed by atoms with Crippen LogP contribution < -0.4 is 11.5 Å². The van der Waals surface area contributed by atoms with E-state index in [1.807, 2.05) is 0 Å². The topological polar surface area (TPSA) is 98.6 Å². The lowest BCUT2D eigenvalue weighted by atomic mass is 10.1. The van der Waals surface area contributed by atoms with E-state index >= 15 is 0 Å². The second-order valence-corrected chi connectivity index (χ2v) is 4.99. The number of carbonyl (C=O) groups is 2. The number of esters is 1. The summed E-state index contributed by atoms with van der Waals surface area (Å²) in [6, 6.07) is -1.06. The zero-order chi connectivity index (χ0) is 15.0. The Morgan fingerprint density at radius 2 is 2.20 bits per heavy atom. The third-order valence-corrected chi connectivity index (χ3v) is 3.41. The number of carbonyl (C=O) groups excluding carboxylic acids is 2. The number of amides is 1. The molecule has 0 aromatic heterocycles. The van der Waals surface area contributed by atoms with Crippen LogP contribution in [-0.4, -0.2) is 41.9 Å². The van der Waals surface area contributed by atoms with Crippen molar-refractivity contribution in [1.29, 1.82) is 0 Å². The fourth-order valence-electron chi connectivity index (χ4n) is 2.33. The van der Waals surface area contributed by atoms with Crippen molar-refractivity contribution >= 4 is 11.9 Å². The van der Waals surface area contributed by atoms with Gasteiger partial charge in [0.25, 0.3) is 0 Å². The van der Waals surface area contributed by atoms with Crippen molar-refractivity contribution in [3.8, 4) is 0 Å². The van der Waals surface area contributed by atoms with E-state index in [0.29, 0.717) is 25.9 Å². The quantitative estimate of drug-likeness (QED) is 0.403. The van der Waals surface area contributed by atoms with E-state index in [0.717, 1.165) is 19.3 Å². The van der Waals surface area contributed by atoms with Gasteiger partial charge in [0.05, 0.1) is 12.3 Å². The van der Waals surface area contributed by atoms with Crippen LogP contribution in [0, 0.1) is 0 Å². The monoisotopic (exact) mass is 283 g/mol. The Morgan fingerprint density at radius 1 is 1.45 bits per heavy atom. The lowest BCUT2D eigenvalue weighted by molar-refractivity contribution is -0.149. The Hall–Kier alpha value is -1.40. The summed E-state index contributed by atoms with van der Waals surface area (Å²) in [6.45, 7) is 2.93. The predicted molar refractivity (Wildman–Crippen MR) is 76.5 cm³/mol. The Labute approximate surface area is 120 Å². The second kappa shape index (κ2) is 8.71. The van der Waals surface area contributed by atoms with E-state index in [2.05, 4.69) is 0 Å². The molecule has 0 unspecified atom stereocenters. The Kier molecular flexibility index (Phi) is 7.25. The van der Waals surface area contributed by atoms with Crippen molar-refractivity contribution in [2.24, 2.45) is 11.5 Å². The molecule has 0 radical (unpaired) electrons. The van der Waals surface area contributed by atoms with Gasteiger partial charge in [0.15, 0.2) is 0 Å². The molecule has 0 aromatic rings. The zero-order valence-corrected chi connectivity index (χ0v) is 12.1. The molecule has 0 aliphatic carbocycles. The van der Waals surface area contributed by atoms with Gasteiger partial charge >= 0.3 is 5.97 Å². The van der Waals surface area contributed by atoms with Crippen LogP contribution in [0.4, 0.5) is 0 Å². The first-order valence-corrected chi connectivity index (χ1v) is 7.19. The van der Waals surface area contributed by atoms with Gasteiger partial charge in [0.2, 0.25) is 5.91 Å². The summed E-state index contributed by atoms with van der Waals surface area (Å²) in [6.07, 6.45) is 6.69. The fraction of sp³-hybridized carbons (Fsp3) is 0.714. The molecule has 20 heavy (non-hydrogen) atoms. The molecule has 4 N–H and O–H groups in total. The summed E-state index contributed by atoms with van der Waals surface area (Å²) >= 11 is 0. The smallest absolute Gasteiger partial charge is 0.333 e. The minimum Gasteiger partial charge on any atom is -0.433 e. The highest BCUT2D eigenvalue weighted by Gasteiger charge is 2.36. The van der Waals surface area contributed by atoms with Crippen molar-refractivity contribution < 1.29 is 14.3 Å². The average Bonchev–Trinajstić information content (AvgIpc) is 2.93. The molecular formula is C14H25N3O3. The highest BCUT2D eigenvalue weighted by atomic mass is 16.5. The highest BCUT2D eigenvalue weighted by Crippen LogP contribution is 2.20. The molecule has 0 saturated carbocycles. The van der Waals surface area contributed by atoms with E-state index in [9.17, 15) is 9.59 Å². The number of hydrogen-bond acceptors (Lipinski definition) is 5. The largest absolute Gasteiger partial charge is 0.433 e. The zero-order valence-electron chi connectivity index (χ0n) is 12.1. The van der Waals surface area contributed by atoms with E-state index < -0.39 is 12.1 Å². The number of ether oxygens (including phenoxy) is 1. The summed E-state index contributed by atoms with van der Waals surface area (Å²) in [5.74, 6) is -0.551. The van der Waals surface area contributed by atoms with Gasteiger partial charge in [-0.05, 0) is 39.2 Å². The van der Waals surface area contributed by atoms with Gasteiger partial charge in [-0.2, -0.15) is 0 Å². The van der Waals surface area contributed by atoms with Gasteiger partial charge in [-0.25, -0.2) is 4.79 Å². The fourth-order valence-corrected chi connectivity index (χ4v) is 2.33. The number of unbranched alkanes of at least 4 members (excludes halogenated alkanes) is 1. The maximum absolute atomic E-state index is 12.3. The van der Waals surface area contributed by atoms with Crippen molar-refractivity contribution in [2.75, 3.05) is 13.1 Å². The van der Waals surface area contributed by atoms with Crippen molar-refractivity contribution in [2.45, 2.75) is 51.1 Å². The summed E-state index contributed by atoms with van der Waals surface area (Å²) in [5, 5.41) is 0. The molecule has 6 heteroatoms. The summed E-state index contributed by atoms with van der Waals surface area (Å²) in [4.78, 5) is 25.7. The molecule has 1 aliphatic rings. The van der Waals surface area contributed by atoms with Crippen LogP contribution in [-0.2, 0) is 14.3 Å². The Bertz CT molecular complexity index is 358. The van der Waals surface area contributed by atoms with Crippen LogP contribution in [0.2, 0.25) is 0 Å². The third-order valence-electron chi connectivity index (χ3n) is 3.41. The van der Waals surface area contributed by atoms with Gasteiger partial charge in [-0.1, -0.05) is 12.5 Å². The van der Waals surface area contributed by atoms with Crippen LogP contribution in [0.3, 0.4) is 0 Å². The molecule has 1 amide bonds. The number of nitrogens with zero attached hydrogens (tertiary/aromatic N) is 1. The minimum atomic E-state index is -0.559. The van der Waals surface area contributed by atoms with Gasteiger partial charge < -0.3 is 21.1 Å². The molecule has 0 spiro atoms. The number of likely N-dealkylation sites (tertiary alicyclic amines) is 1. The molecule has 0 aromatic carbocycles. The van der Waals surface area contributed by atoms with Gasteiger partial charge in [-0.3, -0.25) is 4.79 Å². The molecule has 1 aliphatic heterocycles. The first kappa shape index (κ1) is 16.7. The molecule has 1 rings (SSSR count). The first-order valence-electron chi connectivity index (χ1n) is 7.19. The maximum atomic E-state index is 12.3. The van der Waals surface area contributed by atoms with E-state index in [-0.39, 0.29) is 11.9 Å². The lowest BCUT2D eigenvalue weighted by Crippen LogP contribution is -2.48. The van der Waals surface area contributed by atoms with Crippen LogP contribution in [0.15, 0.2) is 12.3 Å². The molecule has 0 bridgehead atoms. The standard InChI is InChI=1S/C14H25N3O3/c1-2-10-20-14(19)12-7-5-9-17(12)13(18)11(16)6-3-4-8-15/h2,10-12H,3-9,15-16H2,1H3/b10-2+/t11-,12-/m0/s1. The number of nitrogens with two attached hydrogens (primary N) is 2. The van der Waals surface area contributed by atoms with Gasteiger partial charge in [0.1, 0.15) is 6.04 Å². The molecule has 1 heterocycles. The van der Waals surface area contributed by atoms with Crippen LogP contribution >= 0.6 is 0 Å². The van der Waals surface area contributed by atoms with Crippen molar-refractivity contribution in [1.82, 2.24) is 4.90 Å². The SMILES string of the molecule is C/C=C/OC(=O)[C@@H]1CCCN1C(=O)[C@@H](N)CCCCN. The molecule has 6 nitrogen and oxygen atoms in total. The molecule has 1 saturated heterocycles. The third kappa shape index (κ3) is 4.61. The Morgan fingerprint density at radius 3 is 2.85 bits per heavy atom. The molecule has 114 valence electrons. The first-order chi connectivity index (χ1) is 9.61. The summed E-state index contributed by atoms with van der Waals surface area (Å²) in [5.41, 5.74) is 11.3. The van der Waals surface area contributed by atoms with Crippen LogP contribution in [0.1, 0.15) is 39.0 Å². The van der Waals surface area contributed by atoms with Crippen molar-refractivity contribution in [3.63, 3.8) is 0 Å². The maximum Gasteiger partial charge on any atom is 0.333 e. The normalized spacial score (nSPS) is 20.4. The average molecular weight is 283 g/mol. The number of allylic oxidation sites excluding steroid dienone is 1. The number of rotatable bonds is 7. The van der Waals surface area contributed by atoms with Crippen LogP contribution in [0.5, 0.6) is 0 Å². The molecule has 1 fully saturated rings. The lowest BCUT2D eigenvalue weighted by Gasteiger charge is -2.25. The minimum absolute atomic E-state index is 0.165. The molecular weight excluding hydrogens is 258 g/mol. The summed E-state index contributed by atoms with van der Waals surface area (Å²) in [7, 11) is 0. The molecule has 2 atom stereocenters. The van der Waals surface area contributed by atoms with Crippen molar-refractivity contribution in [3.05, 3.63) is 12.3 Å². The van der Waals surface area contributed by atoms with Crippen LogP contribution in [0.25, 0.3) is 0 Å². The second-order valence-electron chi connectivity index (χ2n) is 4.99. The van der Waals surface area contributed by atoms with E-state index in [1.54, 1.807) is 17.9 Å². The van der Waals surface area contributed by atoms with Gasteiger partial charge in [0, 0.05) is 6.54 Å². The van der Waals surface area contributed by atoms with E-state index in [4.69, 9.17) is 16.2 Å². The highest BCUT2D eigenvalue weighted by molar-refractivity contribution is 5.88. The van der Waals surface area contributed by atoms with E-state index in [1.165, 1.54) is 6.26 Å². The number of hydrogen-bond donors (Lipinski definition) is 2.